The fourth-order valence-electron chi connectivity index (χ4n) is 3.27. The first kappa shape index (κ1) is 17.9. The molecule has 0 radical (unpaired) electrons. The number of nitrogens with zero attached hydrogens (tertiary/aromatic N) is 3. The molecule has 1 aliphatic rings. The number of furan rings is 1. The van der Waals surface area contributed by atoms with E-state index >= 15 is 0 Å². The number of nitrogens with one attached hydrogen (secondary N) is 1. The smallest absolute Gasteiger partial charge is 0.260 e. The van der Waals surface area contributed by atoms with Gasteiger partial charge in [-0.2, -0.15) is 0 Å². The molecule has 1 aliphatic heterocycles. The van der Waals surface area contributed by atoms with Gasteiger partial charge in [0.15, 0.2) is 0 Å². The summed E-state index contributed by atoms with van der Waals surface area (Å²) in [6, 6.07) is 5.72. The number of hydrogen-bond acceptors (Lipinski definition) is 6. The minimum absolute atomic E-state index is 0.235. The Balaban J connectivity index is 1.76. The van der Waals surface area contributed by atoms with E-state index in [9.17, 15) is 4.79 Å². The number of aromatic nitrogens is 2. The monoisotopic (exact) mass is 430 g/mol. The Morgan fingerprint density at radius 1 is 1.22 bits per heavy atom. The molecular formula is C19H19BrN4O3. The number of anilines is 2. The molecule has 2 aromatic heterocycles. The van der Waals surface area contributed by atoms with E-state index in [2.05, 4.69) is 36.1 Å². The van der Waals surface area contributed by atoms with Gasteiger partial charge >= 0.3 is 0 Å². The van der Waals surface area contributed by atoms with E-state index in [0.717, 1.165) is 15.7 Å². The molecule has 0 atom stereocenters. The van der Waals surface area contributed by atoms with E-state index in [1.54, 1.807) is 6.92 Å². The van der Waals surface area contributed by atoms with Gasteiger partial charge in [0.25, 0.3) is 5.91 Å². The first-order valence-electron chi connectivity index (χ1n) is 8.69. The lowest BCUT2D eigenvalue weighted by Gasteiger charge is -2.28. The standard InChI is InChI=1S/C19H19BrN4O3/c1-11-9-13(20)3-4-14(11)23-18(25)15-12(2)27-19-16(15)17(21-10-22-19)24-5-7-26-8-6-24/h3-4,9-10H,5-8H2,1-2H3,(H,23,25). The van der Waals surface area contributed by atoms with Crippen molar-refractivity contribution in [1.82, 2.24) is 9.97 Å². The normalized spacial score (nSPS) is 14.6. The van der Waals surface area contributed by atoms with Crippen LogP contribution in [0.25, 0.3) is 11.1 Å². The third kappa shape index (κ3) is 3.42. The van der Waals surface area contributed by atoms with Gasteiger partial charge < -0.3 is 19.4 Å². The fourth-order valence-corrected chi connectivity index (χ4v) is 3.74. The van der Waals surface area contributed by atoms with Crippen molar-refractivity contribution >= 4 is 44.4 Å². The third-order valence-corrected chi connectivity index (χ3v) is 5.11. The molecule has 0 spiro atoms. The van der Waals surface area contributed by atoms with Gasteiger partial charge in [0.05, 0.1) is 24.2 Å². The van der Waals surface area contributed by atoms with Gasteiger partial charge in [-0.1, -0.05) is 15.9 Å². The summed E-state index contributed by atoms with van der Waals surface area (Å²) in [6.07, 6.45) is 1.47. The van der Waals surface area contributed by atoms with E-state index in [0.29, 0.717) is 54.5 Å². The van der Waals surface area contributed by atoms with Crippen molar-refractivity contribution in [2.45, 2.75) is 13.8 Å². The molecule has 8 heteroatoms. The molecule has 0 aliphatic carbocycles. The number of benzene rings is 1. The molecule has 27 heavy (non-hydrogen) atoms. The Bertz CT molecular complexity index is 1010. The second-order valence-electron chi connectivity index (χ2n) is 6.42. The van der Waals surface area contributed by atoms with Crippen LogP contribution in [0.3, 0.4) is 0 Å². The number of amides is 1. The molecule has 3 heterocycles. The Morgan fingerprint density at radius 3 is 2.74 bits per heavy atom. The zero-order valence-corrected chi connectivity index (χ0v) is 16.7. The zero-order valence-electron chi connectivity index (χ0n) is 15.1. The first-order chi connectivity index (χ1) is 13.0. The predicted octanol–water partition coefficient (Wildman–Crippen LogP) is 3.69. The van der Waals surface area contributed by atoms with E-state index in [4.69, 9.17) is 9.15 Å². The molecule has 0 unspecified atom stereocenters. The lowest BCUT2D eigenvalue weighted by molar-refractivity contribution is 0.102. The highest BCUT2D eigenvalue weighted by Crippen LogP contribution is 2.32. The van der Waals surface area contributed by atoms with Gasteiger partial charge in [-0.05, 0) is 37.6 Å². The lowest BCUT2D eigenvalue weighted by atomic mass is 10.1. The Morgan fingerprint density at radius 2 is 2.00 bits per heavy atom. The number of aryl methyl sites for hydroxylation is 2. The van der Waals surface area contributed by atoms with Crippen LogP contribution in [-0.2, 0) is 4.74 Å². The molecule has 1 N–H and O–H groups in total. The quantitative estimate of drug-likeness (QED) is 0.682. The number of carbonyl (C=O) groups is 1. The summed E-state index contributed by atoms with van der Waals surface area (Å²) in [6.45, 7) is 6.40. The number of fused-ring (bicyclic) bond motifs is 1. The molecule has 4 rings (SSSR count). The number of rotatable bonds is 3. The van der Waals surface area contributed by atoms with Crippen LogP contribution in [0.15, 0.2) is 33.4 Å². The predicted molar refractivity (Wildman–Crippen MR) is 106 cm³/mol. The summed E-state index contributed by atoms with van der Waals surface area (Å²) in [7, 11) is 0. The van der Waals surface area contributed by atoms with Crippen LogP contribution in [0.5, 0.6) is 0 Å². The van der Waals surface area contributed by atoms with E-state index < -0.39 is 0 Å². The van der Waals surface area contributed by atoms with Gasteiger partial charge in [0.1, 0.15) is 17.9 Å². The van der Waals surface area contributed by atoms with Crippen molar-refractivity contribution in [1.29, 1.82) is 0 Å². The van der Waals surface area contributed by atoms with Crippen LogP contribution in [0.4, 0.5) is 11.5 Å². The molecule has 0 bridgehead atoms. The van der Waals surface area contributed by atoms with Crippen molar-refractivity contribution in [2.75, 3.05) is 36.5 Å². The average molecular weight is 431 g/mol. The maximum atomic E-state index is 13.1. The minimum Gasteiger partial charge on any atom is -0.442 e. The molecular weight excluding hydrogens is 412 g/mol. The molecule has 140 valence electrons. The SMILES string of the molecule is Cc1cc(Br)ccc1NC(=O)c1c(C)oc2ncnc(N3CCOCC3)c12. The van der Waals surface area contributed by atoms with Crippen molar-refractivity contribution in [3.05, 3.63) is 45.9 Å². The lowest BCUT2D eigenvalue weighted by Crippen LogP contribution is -2.37. The van der Waals surface area contributed by atoms with Gasteiger partial charge in [-0.3, -0.25) is 4.79 Å². The molecule has 1 fully saturated rings. The number of morpholine rings is 1. The second kappa shape index (κ2) is 7.28. The van der Waals surface area contributed by atoms with Crippen molar-refractivity contribution in [3.8, 4) is 0 Å². The maximum absolute atomic E-state index is 13.1. The van der Waals surface area contributed by atoms with Crippen LogP contribution in [0.1, 0.15) is 21.7 Å². The second-order valence-corrected chi connectivity index (χ2v) is 7.34. The summed E-state index contributed by atoms with van der Waals surface area (Å²) in [5, 5.41) is 3.63. The summed E-state index contributed by atoms with van der Waals surface area (Å²) < 4.78 is 12.2. The molecule has 7 nitrogen and oxygen atoms in total. The van der Waals surface area contributed by atoms with E-state index in [1.807, 2.05) is 25.1 Å². The number of hydrogen-bond donors (Lipinski definition) is 1. The Labute approximate surface area is 164 Å². The van der Waals surface area contributed by atoms with Crippen molar-refractivity contribution in [3.63, 3.8) is 0 Å². The number of carbonyl (C=O) groups excluding carboxylic acids is 1. The fraction of sp³-hybridized carbons (Fsp3) is 0.316. The Kier molecular flexibility index (Phi) is 4.84. The van der Waals surface area contributed by atoms with Crippen LogP contribution in [0.2, 0.25) is 0 Å². The summed E-state index contributed by atoms with van der Waals surface area (Å²) in [5.41, 5.74) is 2.60. The molecule has 1 saturated heterocycles. The highest BCUT2D eigenvalue weighted by atomic mass is 79.9. The van der Waals surface area contributed by atoms with Gasteiger partial charge in [0.2, 0.25) is 5.71 Å². The van der Waals surface area contributed by atoms with Crippen molar-refractivity contribution < 1.29 is 13.9 Å². The summed E-state index contributed by atoms with van der Waals surface area (Å²) in [4.78, 5) is 23.9. The topological polar surface area (TPSA) is 80.5 Å². The first-order valence-corrected chi connectivity index (χ1v) is 9.48. The van der Waals surface area contributed by atoms with Gasteiger partial charge in [-0.25, -0.2) is 9.97 Å². The van der Waals surface area contributed by atoms with Gasteiger partial charge in [0, 0.05) is 23.2 Å². The third-order valence-electron chi connectivity index (χ3n) is 4.62. The molecule has 3 aromatic rings. The molecule has 1 amide bonds. The Hall–Kier alpha value is -2.45. The van der Waals surface area contributed by atoms with E-state index in [-0.39, 0.29) is 5.91 Å². The van der Waals surface area contributed by atoms with Crippen LogP contribution in [-0.4, -0.2) is 42.2 Å². The molecule has 1 aromatic carbocycles. The number of ether oxygens (including phenoxy) is 1. The number of halogens is 1. The van der Waals surface area contributed by atoms with E-state index in [1.165, 1.54) is 6.33 Å². The van der Waals surface area contributed by atoms with Crippen LogP contribution in [0, 0.1) is 13.8 Å². The molecule has 0 saturated carbocycles. The zero-order chi connectivity index (χ0) is 19.0. The summed E-state index contributed by atoms with van der Waals surface area (Å²) >= 11 is 3.44. The highest BCUT2D eigenvalue weighted by Gasteiger charge is 2.26. The van der Waals surface area contributed by atoms with Crippen LogP contribution < -0.4 is 10.2 Å². The van der Waals surface area contributed by atoms with Crippen LogP contribution >= 0.6 is 15.9 Å². The summed E-state index contributed by atoms with van der Waals surface area (Å²) in [5.74, 6) is 0.992. The van der Waals surface area contributed by atoms with Crippen molar-refractivity contribution in [2.24, 2.45) is 0 Å². The maximum Gasteiger partial charge on any atom is 0.260 e. The highest BCUT2D eigenvalue weighted by molar-refractivity contribution is 9.10. The minimum atomic E-state index is -0.235. The van der Waals surface area contributed by atoms with Gasteiger partial charge in [-0.15, -0.1) is 0 Å². The average Bonchev–Trinajstić information content (AvgIpc) is 3.00. The largest absolute Gasteiger partial charge is 0.442 e.